The van der Waals surface area contributed by atoms with E-state index < -0.39 is 0 Å². The molecule has 172 valence electrons. The molecule has 3 heterocycles. The molecule has 0 unspecified atom stereocenters. The van der Waals surface area contributed by atoms with Gasteiger partial charge in [-0.15, -0.1) is 0 Å². The van der Waals surface area contributed by atoms with Gasteiger partial charge in [0.25, 0.3) is 0 Å². The Morgan fingerprint density at radius 3 is 2.48 bits per heavy atom. The molecule has 0 radical (unpaired) electrons. The van der Waals surface area contributed by atoms with Crippen LogP contribution in [0.1, 0.15) is 32.6 Å². The van der Waals surface area contributed by atoms with Crippen LogP contribution in [0.3, 0.4) is 0 Å². The minimum absolute atomic E-state index is 0.149. The van der Waals surface area contributed by atoms with E-state index in [2.05, 4.69) is 42.2 Å². The summed E-state index contributed by atoms with van der Waals surface area (Å²) in [6.45, 7) is 10.9. The van der Waals surface area contributed by atoms with Crippen molar-refractivity contribution in [3.05, 3.63) is 18.5 Å². The molecule has 0 bridgehead atoms. The molecule has 3 rings (SSSR count). The first-order valence-corrected chi connectivity index (χ1v) is 11.7. The van der Waals surface area contributed by atoms with Crippen molar-refractivity contribution < 1.29 is 4.79 Å². The number of carbonyl (C=O) groups excluding carboxylic acids is 1. The van der Waals surface area contributed by atoms with Gasteiger partial charge in [0.1, 0.15) is 0 Å². The van der Waals surface area contributed by atoms with Crippen LogP contribution >= 0.6 is 0 Å². The first-order chi connectivity index (χ1) is 15.2. The molecule has 2 aliphatic heterocycles. The van der Waals surface area contributed by atoms with E-state index in [1.807, 2.05) is 6.07 Å². The Bertz CT molecular complexity index is 682. The number of hydrogen-bond acceptors (Lipinski definition) is 6. The molecular formula is C22H38N8O. The summed E-state index contributed by atoms with van der Waals surface area (Å²) in [5.74, 6) is 2.49. The fourth-order valence-electron chi connectivity index (χ4n) is 4.24. The smallest absolute Gasteiger partial charge is 0.225 e. The highest BCUT2D eigenvalue weighted by molar-refractivity contribution is 5.80. The number of nitrogens with one attached hydrogen (secondary N) is 2. The summed E-state index contributed by atoms with van der Waals surface area (Å²) < 4.78 is 0. The number of piperidine rings is 1. The monoisotopic (exact) mass is 430 g/mol. The molecule has 1 amide bonds. The summed E-state index contributed by atoms with van der Waals surface area (Å²) in [5.41, 5.74) is 0. The van der Waals surface area contributed by atoms with Gasteiger partial charge in [-0.3, -0.25) is 14.7 Å². The number of aromatic nitrogens is 2. The van der Waals surface area contributed by atoms with Gasteiger partial charge < -0.3 is 20.4 Å². The molecule has 1 aromatic rings. The highest BCUT2D eigenvalue weighted by Crippen LogP contribution is 2.20. The predicted molar refractivity (Wildman–Crippen MR) is 124 cm³/mol. The lowest BCUT2D eigenvalue weighted by Gasteiger charge is -2.35. The molecule has 0 aromatic carbocycles. The molecule has 9 nitrogen and oxygen atoms in total. The summed E-state index contributed by atoms with van der Waals surface area (Å²) in [6, 6.07) is 1.86. The largest absolute Gasteiger partial charge is 0.359 e. The summed E-state index contributed by atoms with van der Waals surface area (Å²) in [6.07, 6.45) is 7.41. The van der Waals surface area contributed by atoms with Gasteiger partial charge in [-0.2, -0.15) is 0 Å². The van der Waals surface area contributed by atoms with E-state index in [0.29, 0.717) is 12.3 Å². The van der Waals surface area contributed by atoms with E-state index in [0.717, 1.165) is 90.1 Å². The van der Waals surface area contributed by atoms with Crippen molar-refractivity contribution in [3.63, 3.8) is 0 Å². The zero-order chi connectivity index (χ0) is 21.9. The van der Waals surface area contributed by atoms with Crippen molar-refractivity contribution in [1.82, 2.24) is 30.4 Å². The number of hydrogen-bond donors (Lipinski definition) is 2. The number of likely N-dealkylation sites (tertiary alicyclic amines) is 1. The number of carbonyl (C=O) groups is 1. The number of rotatable bonds is 8. The van der Waals surface area contributed by atoms with Crippen molar-refractivity contribution in [2.75, 3.05) is 70.9 Å². The van der Waals surface area contributed by atoms with Gasteiger partial charge in [0.05, 0.1) is 0 Å². The molecule has 2 saturated heterocycles. The van der Waals surface area contributed by atoms with Crippen LogP contribution in [0, 0.1) is 5.92 Å². The minimum atomic E-state index is 0.149. The fraction of sp³-hybridized carbons (Fsp3) is 0.727. The first kappa shape index (κ1) is 23.2. The third kappa shape index (κ3) is 7.34. The Morgan fingerprint density at radius 2 is 1.84 bits per heavy atom. The van der Waals surface area contributed by atoms with Crippen LogP contribution < -0.4 is 15.5 Å². The van der Waals surface area contributed by atoms with Gasteiger partial charge in [0.15, 0.2) is 5.96 Å². The molecule has 31 heavy (non-hydrogen) atoms. The van der Waals surface area contributed by atoms with Gasteiger partial charge in [-0.1, -0.05) is 0 Å². The summed E-state index contributed by atoms with van der Waals surface area (Å²) in [4.78, 5) is 32.3. The molecule has 0 atom stereocenters. The number of anilines is 1. The Kier molecular flexibility index (Phi) is 9.33. The molecule has 0 aliphatic carbocycles. The molecule has 9 heteroatoms. The molecule has 0 saturated carbocycles. The highest BCUT2D eigenvalue weighted by Gasteiger charge is 2.23. The minimum Gasteiger partial charge on any atom is -0.359 e. The average Bonchev–Trinajstić information content (AvgIpc) is 2.82. The van der Waals surface area contributed by atoms with E-state index in [1.165, 1.54) is 0 Å². The van der Waals surface area contributed by atoms with Crippen LogP contribution in [0.4, 0.5) is 5.95 Å². The number of nitrogens with zero attached hydrogens (tertiary/aromatic N) is 6. The normalized spacial score (nSPS) is 18.8. The highest BCUT2D eigenvalue weighted by atomic mass is 16.1. The standard InChI is InChI=1S/C22H38N8O/c1-3-24-21(29-12-6-19(7-13-29)18-20(31)23-2)27-10-5-11-28-14-16-30(17-15-28)22-25-8-4-9-26-22/h4,8-9,19H,3,5-7,10-18H2,1-2H3,(H,23,31)(H,24,27). The zero-order valence-corrected chi connectivity index (χ0v) is 19.1. The van der Waals surface area contributed by atoms with E-state index in [9.17, 15) is 4.79 Å². The number of aliphatic imine (C=N–C) groups is 1. The molecule has 1 aromatic heterocycles. The second-order valence-corrected chi connectivity index (χ2v) is 8.27. The van der Waals surface area contributed by atoms with Crippen LogP contribution in [0.25, 0.3) is 0 Å². The lowest BCUT2D eigenvalue weighted by molar-refractivity contribution is -0.121. The fourth-order valence-corrected chi connectivity index (χ4v) is 4.24. The van der Waals surface area contributed by atoms with Gasteiger partial charge in [-0.05, 0) is 38.2 Å². The van der Waals surface area contributed by atoms with Gasteiger partial charge in [0, 0.05) is 84.8 Å². The maximum absolute atomic E-state index is 11.6. The van der Waals surface area contributed by atoms with Crippen LogP contribution in [-0.4, -0.2) is 97.6 Å². The second kappa shape index (κ2) is 12.4. The zero-order valence-electron chi connectivity index (χ0n) is 19.1. The van der Waals surface area contributed by atoms with Gasteiger partial charge in [-0.25, -0.2) is 9.97 Å². The van der Waals surface area contributed by atoms with Gasteiger partial charge >= 0.3 is 0 Å². The third-order valence-electron chi connectivity index (χ3n) is 6.10. The molecule has 0 spiro atoms. The number of piperazine rings is 1. The lowest BCUT2D eigenvalue weighted by Crippen LogP contribution is -2.47. The Labute approximate surface area is 186 Å². The maximum atomic E-state index is 11.6. The number of guanidine groups is 1. The topological polar surface area (TPSA) is 89.0 Å². The van der Waals surface area contributed by atoms with E-state index >= 15 is 0 Å². The van der Waals surface area contributed by atoms with E-state index in [4.69, 9.17) is 4.99 Å². The van der Waals surface area contributed by atoms with Crippen molar-refractivity contribution >= 4 is 17.8 Å². The second-order valence-electron chi connectivity index (χ2n) is 8.27. The molecular weight excluding hydrogens is 392 g/mol. The summed E-state index contributed by atoms with van der Waals surface area (Å²) in [7, 11) is 1.71. The van der Waals surface area contributed by atoms with Crippen LogP contribution in [-0.2, 0) is 4.79 Å². The van der Waals surface area contributed by atoms with Gasteiger partial charge in [0.2, 0.25) is 11.9 Å². The van der Waals surface area contributed by atoms with Crippen LogP contribution in [0.2, 0.25) is 0 Å². The van der Waals surface area contributed by atoms with E-state index in [-0.39, 0.29) is 5.91 Å². The Hall–Kier alpha value is -2.42. The van der Waals surface area contributed by atoms with Crippen LogP contribution in [0.15, 0.2) is 23.5 Å². The first-order valence-electron chi connectivity index (χ1n) is 11.7. The average molecular weight is 431 g/mol. The van der Waals surface area contributed by atoms with Crippen LogP contribution in [0.5, 0.6) is 0 Å². The lowest BCUT2D eigenvalue weighted by atomic mass is 9.93. The van der Waals surface area contributed by atoms with Crippen molar-refractivity contribution in [3.8, 4) is 0 Å². The summed E-state index contributed by atoms with van der Waals surface area (Å²) >= 11 is 0. The SMILES string of the molecule is CCNC(=NCCCN1CCN(c2ncccn2)CC1)N1CCC(CC(=O)NC)CC1. The molecule has 2 N–H and O–H groups in total. The quantitative estimate of drug-likeness (QED) is 0.358. The van der Waals surface area contributed by atoms with E-state index in [1.54, 1.807) is 19.4 Å². The maximum Gasteiger partial charge on any atom is 0.225 e. The summed E-state index contributed by atoms with van der Waals surface area (Å²) in [5, 5.41) is 6.18. The molecule has 2 fully saturated rings. The Balaban J connectivity index is 1.37. The molecule has 2 aliphatic rings. The number of amides is 1. The van der Waals surface area contributed by atoms with Crippen molar-refractivity contribution in [2.45, 2.75) is 32.6 Å². The third-order valence-corrected chi connectivity index (χ3v) is 6.10. The Morgan fingerprint density at radius 1 is 1.13 bits per heavy atom. The predicted octanol–water partition coefficient (Wildman–Crippen LogP) is 0.802. The van der Waals surface area contributed by atoms with Crippen molar-refractivity contribution in [2.24, 2.45) is 10.9 Å². The van der Waals surface area contributed by atoms with Crippen molar-refractivity contribution in [1.29, 1.82) is 0 Å².